The Hall–Kier alpha value is -1.92. The highest BCUT2D eigenvalue weighted by molar-refractivity contribution is 6.36. The Balaban J connectivity index is 0.000000719. The van der Waals surface area contributed by atoms with Crippen molar-refractivity contribution in [2.45, 2.75) is 13.3 Å². The van der Waals surface area contributed by atoms with Gasteiger partial charge in [0.15, 0.2) is 0 Å². The SMILES string of the molecule is CC=O.CNCCO.N=Cc1ccccc1NCCc1c(Cl)cccc1Cl. The minimum Gasteiger partial charge on any atom is -0.395 e. The molecule has 27 heavy (non-hydrogen) atoms. The van der Waals surface area contributed by atoms with E-state index in [1.54, 1.807) is 7.05 Å². The zero-order valence-electron chi connectivity index (χ0n) is 15.6. The molecule has 0 amide bonds. The lowest BCUT2D eigenvalue weighted by atomic mass is 10.1. The molecule has 0 aliphatic heterocycles. The van der Waals surface area contributed by atoms with E-state index >= 15 is 0 Å². The topological polar surface area (TPSA) is 85.2 Å². The quantitative estimate of drug-likeness (QED) is 0.408. The van der Waals surface area contributed by atoms with E-state index in [9.17, 15) is 0 Å². The molecule has 5 nitrogen and oxygen atoms in total. The second-order valence-corrected chi connectivity index (χ2v) is 5.99. The van der Waals surface area contributed by atoms with E-state index < -0.39 is 0 Å². The molecule has 0 aliphatic carbocycles. The molecule has 148 valence electrons. The van der Waals surface area contributed by atoms with Crippen molar-refractivity contribution >= 4 is 41.4 Å². The van der Waals surface area contributed by atoms with Gasteiger partial charge in [-0.25, -0.2) is 0 Å². The molecular weight excluding hydrogens is 385 g/mol. The molecule has 0 aliphatic rings. The largest absolute Gasteiger partial charge is 0.395 e. The fourth-order valence-corrected chi connectivity index (χ4v) is 2.58. The van der Waals surface area contributed by atoms with Gasteiger partial charge in [0, 0.05) is 40.6 Å². The van der Waals surface area contributed by atoms with Crippen molar-refractivity contribution in [1.82, 2.24) is 5.32 Å². The first-order valence-electron chi connectivity index (χ1n) is 8.47. The molecule has 4 N–H and O–H groups in total. The van der Waals surface area contributed by atoms with Crippen LogP contribution >= 0.6 is 23.2 Å². The number of aliphatic hydroxyl groups is 1. The Labute approximate surface area is 171 Å². The van der Waals surface area contributed by atoms with Crippen molar-refractivity contribution in [3.8, 4) is 0 Å². The van der Waals surface area contributed by atoms with Gasteiger partial charge >= 0.3 is 0 Å². The van der Waals surface area contributed by atoms with Crippen LogP contribution in [0.4, 0.5) is 5.69 Å². The maximum Gasteiger partial charge on any atom is 0.116 e. The summed E-state index contributed by atoms with van der Waals surface area (Å²) in [5.74, 6) is 0. The third-order valence-corrected chi connectivity index (χ3v) is 3.94. The van der Waals surface area contributed by atoms with Gasteiger partial charge in [0.25, 0.3) is 0 Å². The fraction of sp³-hybridized carbons (Fsp3) is 0.300. The van der Waals surface area contributed by atoms with Crippen molar-refractivity contribution in [3.63, 3.8) is 0 Å². The summed E-state index contributed by atoms with van der Waals surface area (Å²) in [6.07, 6.45) is 2.83. The van der Waals surface area contributed by atoms with Crippen molar-refractivity contribution < 1.29 is 9.90 Å². The zero-order valence-corrected chi connectivity index (χ0v) is 17.1. The number of benzene rings is 2. The van der Waals surface area contributed by atoms with Crippen LogP contribution in [0.5, 0.6) is 0 Å². The molecule has 0 saturated carbocycles. The number of likely N-dealkylation sites (N-methyl/N-ethyl adjacent to an activating group) is 1. The van der Waals surface area contributed by atoms with Crippen LogP contribution in [-0.2, 0) is 11.2 Å². The lowest BCUT2D eigenvalue weighted by Gasteiger charge is -2.11. The third-order valence-electron chi connectivity index (χ3n) is 3.23. The predicted octanol–water partition coefficient (Wildman–Crippen LogP) is 4.05. The van der Waals surface area contributed by atoms with Gasteiger partial charge in [0.2, 0.25) is 0 Å². The number of rotatable bonds is 7. The number of halogens is 2. The average Bonchev–Trinajstić information content (AvgIpc) is 2.66. The Morgan fingerprint density at radius 3 is 2.15 bits per heavy atom. The van der Waals surface area contributed by atoms with Crippen LogP contribution < -0.4 is 10.6 Å². The smallest absolute Gasteiger partial charge is 0.116 e. The summed E-state index contributed by atoms with van der Waals surface area (Å²) in [5, 5.41) is 22.8. The van der Waals surface area contributed by atoms with Crippen LogP contribution in [0.2, 0.25) is 10.0 Å². The normalized spacial score (nSPS) is 9.22. The number of anilines is 1. The third kappa shape index (κ3) is 10.7. The molecule has 0 bridgehead atoms. The van der Waals surface area contributed by atoms with E-state index in [1.807, 2.05) is 42.5 Å². The van der Waals surface area contributed by atoms with Crippen LogP contribution in [0.25, 0.3) is 0 Å². The molecule has 2 aromatic carbocycles. The minimum absolute atomic E-state index is 0.233. The van der Waals surface area contributed by atoms with Crippen LogP contribution in [-0.4, -0.2) is 44.4 Å². The Morgan fingerprint density at radius 1 is 1.07 bits per heavy atom. The van der Waals surface area contributed by atoms with Crippen molar-refractivity contribution in [1.29, 1.82) is 5.41 Å². The number of aldehydes is 1. The van der Waals surface area contributed by atoms with Gasteiger partial charge in [-0.3, -0.25) is 0 Å². The number of hydrogen-bond acceptors (Lipinski definition) is 5. The zero-order chi connectivity index (χ0) is 20.5. The number of aliphatic hydroxyl groups excluding tert-OH is 1. The van der Waals surface area contributed by atoms with E-state index in [0.717, 1.165) is 29.5 Å². The van der Waals surface area contributed by atoms with Crippen LogP contribution in [0, 0.1) is 5.41 Å². The fourth-order valence-electron chi connectivity index (χ4n) is 1.99. The highest BCUT2D eigenvalue weighted by Crippen LogP contribution is 2.24. The van der Waals surface area contributed by atoms with Gasteiger partial charge in [-0.05, 0) is 44.2 Å². The predicted molar refractivity (Wildman–Crippen MR) is 116 cm³/mol. The van der Waals surface area contributed by atoms with Crippen LogP contribution in [0.3, 0.4) is 0 Å². The summed E-state index contributed by atoms with van der Waals surface area (Å²) in [6.45, 7) is 3.09. The first kappa shape index (κ1) is 25.1. The molecule has 2 aromatic rings. The standard InChI is InChI=1S/C15H14Cl2N2.C3H9NO.C2H4O/c16-13-5-3-6-14(17)12(13)8-9-19-15-7-2-1-4-11(15)10-18;1-4-2-3-5;1-2-3/h1-7,10,18-19H,8-9H2;4-5H,2-3H2,1H3;2H,1H3. The summed E-state index contributed by atoms with van der Waals surface area (Å²) in [7, 11) is 1.80. The van der Waals surface area contributed by atoms with E-state index in [4.69, 9.17) is 38.5 Å². The maximum atomic E-state index is 8.81. The number of hydrogen-bond donors (Lipinski definition) is 4. The van der Waals surface area contributed by atoms with Gasteiger partial charge in [0.05, 0.1) is 6.61 Å². The number of carbonyl (C=O) groups excluding carboxylic acids is 1. The molecule has 0 aromatic heterocycles. The lowest BCUT2D eigenvalue weighted by molar-refractivity contribution is -0.106. The summed E-state index contributed by atoms with van der Waals surface area (Å²) in [5.41, 5.74) is 2.76. The minimum atomic E-state index is 0.233. The van der Waals surface area contributed by atoms with Crippen LogP contribution in [0.15, 0.2) is 42.5 Å². The van der Waals surface area contributed by atoms with E-state index in [-0.39, 0.29) is 6.61 Å². The highest BCUT2D eigenvalue weighted by Gasteiger charge is 2.05. The molecule has 0 radical (unpaired) electrons. The second-order valence-electron chi connectivity index (χ2n) is 5.17. The van der Waals surface area contributed by atoms with E-state index in [0.29, 0.717) is 23.1 Å². The number of carbonyl (C=O) groups is 1. The van der Waals surface area contributed by atoms with Gasteiger partial charge in [-0.2, -0.15) is 0 Å². The maximum absolute atomic E-state index is 8.81. The summed E-state index contributed by atoms with van der Waals surface area (Å²) < 4.78 is 0. The van der Waals surface area contributed by atoms with Gasteiger partial charge < -0.3 is 25.9 Å². The number of nitrogens with one attached hydrogen (secondary N) is 3. The summed E-state index contributed by atoms with van der Waals surface area (Å²) in [6, 6.07) is 13.2. The average molecular weight is 412 g/mol. The van der Waals surface area contributed by atoms with Crippen molar-refractivity contribution in [2.24, 2.45) is 0 Å². The molecule has 0 atom stereocenters. The molecule has 7 heteroatoms. The molecule has 0 fully saturated rings. The molecule has 0 unspecified atom stereocenters. The summed E-state index contributed by atoms with van der Waals surface area (Å²) >= 11 is 12.2. The van der Waals surface area contributed by atoms with Gasteiger partial charge in [0.1, 0.15) is 6.29 Å². The Bertz CT molecular complexity index is 660. The molecular formula is C20H27Cl2N3O2. The van der Waals surface area contributed by atoms with E-state index in [1.165, 1.54) is 13.1 Å². The molecule has 0 saturated heterocycles. The Kier molecular flexibility index (Phi) is 15.1. The lowest BCUT2D eigenvalue weighted by Crippen LogP contribution is -2.10. The molecule has 0 heterocycles. The Morgan fingerprint density at radius 2 is 1.67 bits per heavy atom. The van der Waals surface area contributed by atoms with Gasteiger partial charge in [-0.15, -0.1) is 0 Å². The van der Waals surface area contributed by atoms with Crippen LogP contribution in [0.1, 0.15) is 18.1 Å². The monoisotopic (exact) mass is 411 g/mol. The first-order chi connectivity index (χ1) is 13.0. The number of para-hydroxylation sites is 1. The second kappa shape index (κ2) is 16.3. The van der Waals surface area contributed by atoms with Crippen molar-refractivity contribution in [3.05, 3.63) is 63.6 Å². The van der Waals surface area contributed by atoms with Crippen molar-refractivity contribution in [2.75, 3.05) is 32.1 Å². The highest BCUT2D eigenvalue weighted by atomic mass is 35.5. The molecule has 2 rings (SSSR count). The van der Waals surface area contributed by atoms with E-state index in [2.05, 4.69) is 10.6 Å². The summed E-state index contributed by atoms with van der Waals surface area (Å²) in [4.78, 5) is 8.81. The molecule has 0 spiro atoms. The first-order valence-corrected chi connectivity index (χ1v) is 9.22. The van der Waals surface area contributed by atoms with Gasteiger partial charge in [-0.1, -0.05) is 47.5 Å².